The van der Waals surface area contributed by atoms with Gasteiger partial charge in [0.15, 0.2) is 0 Å². The molecule has 1 amide bonds. The average Bonchev–Trinajstić information content (AvgIpc) is 3.30. The number of hydrogen-bond acceptors (Lipinski definition) is 4. The summed E-state index contributed by atoms with van der Waals surface area (Å²) in [5, 5.41) is 1.05. The van der Waals surface area contributed by atoms with E-state index in [1.54, 1.807) is 12.4 Å². The Bertz CT molecular complexity index is 975. The topological polar surface area (TPSA) is 55.3 Å². The zero-order valence-corrected chi connectivity index (χ0v) is 15.0. The number of para-hydroxylation sites is 1. The van der Waals surface area contributed by atoms with E-state index in [0.717, 1.165) is 42.6 Å². The smallest absolute Gasteiger partial charge is 0.272 e. The van der Waals surface area contributed by atoms with Crippen LogP contribution in [0.4, 0.5) is 0 Å². The van der Waals surface area contributed by atoms with Crippen molar-refractivity contribution in [2.75, 3.05) is 13.1 Å². The quantitative estimate of drug-likeness (QED) is 0.717. The predicted octanol–water partition coefficient (Wildman–Crippen LogP) is 3.56. The molecule has 5 heteroatoms. The minimum atomic E-state index is 0.0234. The van der Waals surface area contributed by atoms with Gasteiger partial charge in [0.2, 0.25) is 0 Å². The van der Waals surface area contributed by atoms with Crippen molar-refractivity contribution in [3.63, 3.8) is 0 Å². The number of likely N-dealkylation sites (tertiary alicyclic amines) is 1. The summed E-state index contributed by atoms with van der Waals surface area (Å²) in [6, 6.07) is 15.5. The highest BCUT2D eigenvalue weighted by Gasteiger charge is 2.45. The van der Waals surface area contributed by atoms with E-state index in [-0.39, 0.29) is 12.0 Å². The monoisotopic (exact) mass is 359 g/mol. The third-order valence-electron chi connectivity index (χ3n) is 5.82. The molecule has 5 rings (SSSR count). The van der Waals surface area contributed by atoms with E-state index in [1.807, 2.05) is 53.4 Å². The normalized spacial score (nSPS) is 24.1. The molecule has 27 heavy (non-hydrogen) atoms. The lowest BCUT2D eigenvalue weighted by atomic mass is 9.99. The van der Waals surface area contributed by atoms with Crippen LogP contribution in [0.25, 0.3) is 10.9 Å². The van der Waals surface area contributed by atoms with Crippen molar-refractivity contribution >= 4 is 16.8 Å². The highest BCUT2D eigenvalue weighted by molar-refractivity contribution is 5.95. The zero-order chi connectivity index (χ0) is 18.2. The van der Waals surface area contributed by atoms with Crippen molar-refractivity contribution in [2.45, 2.75) is 18.9 Å². The molecular formula is C22H21N3O2. The number of carbonyl (C=O) groups is 1. The Morgan fingerprint density at radius 2 is 1.96 bits per heavy atom. The number of hydrogen-bond donors (Lipinski definition) is 0. The Morgan fingerprint density at radius 1 is 1.04 bits per heavy atom. The van der Waals surface area contributed by atoms with Crippen LogP contribution in [0.15, 0.2) is 60.9 Å². The van der Waals surface area contributed by atoms with Crippen LogP contribution < -0.4 is 4.74 Å². The summed E-state index contributed by atoms with van der Waals surface area (Å²) in [4.78, 5) is 23.6. The lowest BCUT2D eigenvalue weighted by Gasteiger charge is -2.21. The van der Waals surface area contributed by atoms with Crippen molar-refractivity contribution < 1.29 is 9.53 Å². The fraction of sp³-hybridized carbons (Fsp3) is 0.318. The SMILES string of the molecule is O=C(c1ccc2ccccc2n1)N1C[C@H]2CC[C@H](Oc3cccnc3)[C@H]2C1. The Kier molecular flexibility index (Phi) is 4.00. The van der Waals surface area contributed by atoms with Crippen LogP contribution in [-0.2, 0) is 0 Å². The van der Waals surface area contributed by atoms with Gasteiger partial charge in [-0.2, -0.15) is 0 Å². The lowest BCUT2D eigenvalue weighted by Crippen LogP contribution is -2.32. The molecule has 0 N–H and O–H groups in total. The molecule has 1 aromatic carbocycles. The van der Waals surface area contributed by atoms with E-state index >= 15 is 0 Å². The van der Waals surface area contributed by atoms with E-state index in [4.69, 9.17) is 4.74 Å². The predicted molar refractivity (Wildman–Crippen MR) is 103 cm³/mol. The molecule has 1 saturated carbocycles. The number of ether oxygens (including phenoxy) is 1. The van der Waals surface area contributed by atoms with Gasteiger partial charge in [0.25, 0.3) is 5.91 Å². The van der Waals surface area contributed by atoms with Crippen LogP contribution in [0, 0.1) is 11.8 Å². The van der Waals surface area contributed by atoms with E-state index in [2.05, 4.69) is 9.97 Å². The highest BCUT2D eigenvalue weighted by atomic mass is 16.5. The van der Waals surface area contributed by atoms with E-state index in [1.165, 1.54) is 0 Å². The molecule has 1 aliphatic carbocycles. The first kappa shape index (κ1) is 16.2. The molecule has 2 aliphatic rings. The Labute approximate surface area is 158 Å². The number of aromatic nitrogens is 2. The summed E-state index contributed by atoms with van der Waals surface area (Å²) in [6.07, 6.45) is 5.80. The molecule has 1 aliphatic heterocycles. The number of nitrogens with zero attached hydrogens (tertiary/aromatic N) is 3. The maximum atomic E-state index is 13.0. The van der Waals surface area contributed by atoms with Crippen molar-refractivity contribution in [1.29, 1.82) is 0 Å². The average molecular weight is 359 g/mol. The molecule has 2 fully saturated rings. The lowest BCUT2D eigenvalue weighted by molar-refractivity contribution is 0.0757. The molecule has 3 heterocycles. The van der Waals surface area contributed by atoms with E-state index < -0.39 is 0 Å². The van der Waals surface area contributed by atoms with Gasteiger partial charge >= 0.3 is 0 Å². The first-order chi connectivity index (χ1) is 13.3. The summed E-state index contributed by atoms with van der Waals surface area (Å²) in [5.74, 6) is 1.73. The molecule has 0 spiro atoms. The standard InChI is InChI=1S/C22H21N3O2/c26-22(20-9-7-15-4-1-2-6-19(15)24-20)25-13-16-8-10-21(18(16)14-25)27-17-5-3-11-23-12-17/h1-7,9,11-12,16,18,21H,8,10,13-14H2/t16-,18+,21+/m1/s1. The second kappa shape index (κ2) is 6.65. The van der Waals surface area contributed by atoms with Gasteiger partial charge in [0.05, 0.1) is 11.7 Å². The molecule has 3 atom stereocenters. The molecule has 136 valence electrons. The minimum Gasteiger partial charge on any atom is -0.488 e. The van der Waals surface area contributed by atoms with Crippen LogP contribution in [0.1, 0.15) is 23.3 Å². The van der Waals surface area contributed by atoms with Crippen LogP contribution >= 0.6 is 0 Å². The van der Waals surface area contributed by atoms with E-state index in [9.17, 15) is 4.79 Å². The number of fused-ring (bicyclic) bond motifs is 2. The minimum absolute atomic E-state index is 0.0234. The molecule has 5 nitrogen and oxygen atoms in total. The fourth-order valence-corrected chi connectivity index (χ4v) is 4.47. The van der Waals surface area contributed by atoms with Crippen LogP contribution in [0.5, 0.6) is 5.75 Å². The van der Waals surface area contributed by atoms with Gasteiger partial charge < -0.3 is 9.64 Å². The Hall–Kier alpha value is -2.95. The maximum Gasteiger partial charge on any atom is 0.272 e. The molecule has 3 aromatic rings. The molecule has 0 radical (unpaired) electrons. The third-order valence-corrected chi connectivity index (χ3v) is 5.82. The van der Waals surface area contributed by atoms with Crippen molar-refractivity contribution in [3.05, 3.63) is 66.6 Å². The first-order valence-corrected chi connectivity index (χ1v) is 9.50. The number of pyridine rings is 2. The molecule has 0 unspecified atom stereocenters. The summed E-state index contributed by atoms with van der Waals surface area (Å²) in [7, 11) is 0. The van der Waals surface area contributed by atoms with Gasteiger partial charge in [-0.3, -0.25) is 9.78 Å². The number of amides is 1. The first-order valence-electron chi connectivity index (χ1n) is 9.50. The molecule has 1 saturated heterocycles. The van der Waals surface area contributed by atoms with Crippen molar-refractivity contribution in [2.24, 2.45) is 11.8 Å². The summed E-state index contributed by atoms with van der Waals surface area (Å²) >= 11 is 0. The van der Waals surface area contributed by atoms with Gasteiger partial charge in [-0.15, -0.1) is 0 Å². The highest BCUT2D eigenvalue weighted by Crippen LogP contribution is 2.40. The van der Waals surface area contributed by atoms with Crippen molar-refractivity contribution in [1.82, 2.24) is 14.9 Å². The van der Waals surface area contributed by atoms with Gasteiger partial charge in [-0.25, -0.2) is 4.98 Å². The van der Waals surface area contributed by atoms with Gasteiger partial charge in [-0.05, 0) is 43.0 Å². The Balaban J connectivity index is 1.31. The summed E-state index contributed by atoms with van der Waals surface area (Å²) in [6.45, 7) is 1.54. The number of rotatable bonds is 3. The van der Waals surface area contributed by atoms with E-state index in [0.29, 0.717) is 17.5 Å². The van der Waals surface area contributed by atoms with Gasteiger partial charge in [0, 0.05) is 30.6 Å². The number of benzene rings is 1. The summed E-state index contributed by atoms with van der Waals surface area (Å²) < 4.78 is 6.16. The summed E-state index contributed by atoms with van der Waals surface area (Å²) in [5.41, 5.74) is 1.39. The second-order valence-electron chi connectivity index (χ2n) is 7.45. The Morgan fingerprint density at radius 3 is 2.85 bits per heavy atom. The van der Waals surface area contributed by atoms with Crippen LogP contribution in [0.3, 0.4) is 0 Å². The van der Waals surface area contributed by atoms with Gasteiger partial charge in [0.1, 0.15) is 17.5 Å². The molecular weight excluding hydrogens is 338 g/mol. The van der Waals surface area contributed by atoms with Crippen LogP contribution in [-0.4, -0.2) is 40.0 Å². The maximum absolute atomic E-state index is 13.0. The van der Waals surface area contributed by atoms with Gasteiger partial charge in [-0.1, -0.05) is 24.3 Å². The molecule has 2 aromatic heterocycles. The number of carbonyl (C=O) groups excluding carboxylic acids is 1. The largest absolute Gasteiger partial charge is 0.488 e. The third kappa shape index (κ3) is 3.03. The zero-order valence-electron chi connectivity index (χ0n) is 15.0. The van der Waals surface area contributed by atoms with Crippen LogP contribution in [0.2, 0.25) is 0 Å². The van der Waals surface area contributed by atoms with Crippen molar-refractivity contribution in [3.8, 4) is 5.75 Å². The fourth-order valence-electron chi connectivity index (χ4n) is 4.47. The molecule has 0 bridgehead atoms. The second-order valence-corrected chi connectivity index (χ2v) is 7.45.